The van der Waals surface area contributed by atoms with Gasteiger partial charge in [-0.2, -0.15) is 0 Å². The lowest BCUT2D eigenvalue weighted by Crippen LogP contribution is -2.49. The van der Waals surface area contributed by atoms with E-state index in [1.54, 1.807) is 19.1 Å². The molecule has 1 amide bonds. The van der Waals surface area contributed by atoms with Gasteiger partial charge in [-0.1, -0.05) is 35.3 Å². The minimum absolute atomic E-state index is 0.0987. The molecule has 4 rings (SSSR count). The van der Waals surface area contributed by atoms with Crippen LogP contribution in [0.1, 0.15) is 31.7 Å². The Bertz CT molecular complexity index is 1170. The SMILES string of the molecule is CCOC(=O)C(OC=O)N1C(=O)CCc2ccc(OCCCCN3CCN(c4cccc(Cl)c4Cl)CC3)cc21. The van der Waals surface area contributed by atoms with Crippen LogP contribution in [0.15, 0.2) is 36.4 Å². The molecule has 2 aromatic rings. The summed E-state index contributed by atoms with van der Waals surface area (Å²) in [6.07, 6.45) is 1.09. The summed E-state index contributed by atoms with van der Waals surface area (Å²) in [4.78, 5) is 42.1. The molecule has 9 nitrogen and oxygen atoms in total. The first-order chi connectivity index (χ1) is 18.9. The van der Waals surface area contributed by atoms with Crippen LogP contribution >= 0.6 is 23.2 Å². The van der Waals surface area contributed by atoms with Crippen LogP contribution in [0.4, 0.5) is 11.4 Å². The maximum Gasteiger partial charge on any atom is 0.369 e. The Morgan fingerprint density at radius 3 is 2.59 bits per heavy atom. The lowest BCUT2D eigenvalue weighted by Gasteiger charge is -2.36. The third-order valence-corrected chi connectivity index (χ3v) is 7.69. The average Bonchev–Trinajstić information content (AvgIpc) is 2.94. The standard InChI is InChI=1S/C28H33Cl2N3O6/c1-2-37-28(36)27(39-19-34)33-24-18-21(10-8-20(24)9-11-25(33)35)38-17-4-3-12-31-13-15-32(16-14-31)23-7-5-6-22(29)26(23)30/h5-8,10,18-19,27H,2-4,9,11-17H2,1H3. The summed E-state index contributed by atoms with van der Waals surface area (Å²) < 4.78 is 16.0. The summed E-state index contributed by atoms with van der Waals surface area (Å²) in [6.45, 7) is 7.05. The van der Waals surface area contributed by atoms with Crippen LogP contribution in [0, 0.1) is 0 Å². The topological polar surface area (TPSA) is 88.6 Å². The van der Waals surface area contributed by atoms with Crippen LogP contribution in [-0.2, 0) is 30.3 Å². The Hall–Kier alpha value is -3.01. The molecule has 210 valence electrons. The molecule has 2 heterocycles. The first-order valence-corrected chi connectivity index (χ1v) is 13.9. The molecular weight excluding hydrogens is 545 g/mol. The highest BCUT2D eigenvalue weighted by Crippen LogP contribution is 2.34. The number of benzene rings is 2. The Labute approximate surface area is 238 Å². The van der Waals surface area contributed by atoms with Crippen molar-refractivity contribution in [1.82, 2.24) is 4.90 Å². The quantitative estimate of drug-likeness (QED) is 0.209. The van der Waals surface area contributed by atoms with Gasteiger partial charge in [-0.15, -0.1) is 0 Å². The molecule has 0 N–H and O–H groups in total. The molecule has 1 saturated heterocycles. The molecule has 0 aromatic heterocycles. The Morgan fingerprint density at radius 1 is 1.05 bits per heavy atom. The minimum atomic E-state index is -1.47. The van der Waals surface area contributed by atoms with E-state index in [2.05, 4.69) is 9.80 Å². The minimum Gasteiger partial charge on any atom is -0.494 e. The average molecular weight is 578 g/mol. The van der Waals surface area contributed by atoms with E-state index in [1.807, 2.05) is 24.3 Å². The molecule has 1 atom stereocenters. The second-order valence-electron chi connectivity index (χ2n) is 9.35. The number of hydrogen-bond donors (Lipinski definition) is 0. The number of amides is 1. The fourth-order valence-electron chi connectivity index (χ4n) is 4.89. The monoisotopic (exact) mass is 577 g/mol. The molecular formula is C28H33Cl2N3O6. The van der Waals surface area contributed by atoms with Crippen LogP contribution in [0.3, 0.4) is 0 Å². The summed E-state index contributed by atoms with van der Waals surface area (Å²) in [7, 11) is 0. The van der Waals surface area contributed by atoms with E-state index in [0.717, 1.165) is 56.8 Å². The molecule has 0 saturated carbocycles. The van der Waals surface area contributed by atoms with E-state index < -0.39 is 12.2 Å². The smallest absolute Gasteiger partial charge is 0.369 e. The predicted molar refractivity (Wildman–Crippen MR) is 150 cm³/mol. The number of fused-ring (bicyclic) bond motifs is 1. The maximum absolute atomic E-state index is 12.7. The number of piperazine rings is 1. The molecule has 0 radical (unpaired) electrons. The van der Waals surface area contributed by atoms with Crippen LogP contribution in [0.5, 0.6) is 5.75 Å². The molecule has 39 heavy (non-hydrogen) atoms. The number of esters is 1. The highest BCUT2D eigenvalue weighted by Gasteiger charge is 2.37. The van der Waals surface area contributed by atoms with Crippen LogP contribution < -0.4 is 14.5 Å². The number of ether oxygens (including phenoxy) is 3. The van der Waals surface area contributed by atoms with E-state index in [1.165, 1.54) is 4.90 Å². The van der Waals surface area contributed by atoms with Crippen LogP contribution in [-0.4, -0.2) is 75.4 Å². The van der Waals surface area contributed by atoms with Gasteiger partial charge in [0.15, 0.2) is 0 Å². The van der Waals surface area contributed by atoms with E-state index in [4.69, 9.17) is 37.4 Å². The van der Waals surface area contributed by atoms with Gasteiger partial charge < -0.3 is 19.1 Å². The van der Waals surface area contributed by atoms with E-state index in [0.29, 0.717) is 34.5 Å². The highest BCUT2D eigenvalue weighted by atomic mass is 35.5. The number of carbonyl (C=O) groups excluding carboxylic acids is 3. The number of hydrogen-bond acceptors (Lipinski definition) is 8. The zero-order chi connectivity index (χ0) is 27.8. The van der Waals surface area contributed by atoms with Gasteiger partial charge in [0.1, 0.15) is 5.75 Å². The van der Waals surface area contributed by atoms with Gasteiger partial charge in [-0.25, -0.2) is 4.79 Å². The largest absolute Gasteiger partial charge is 0.494 e. The Morgan fingerprint density at radius 2 is 1.85 bits per heavy atom. The molecule has 1 unspecified atom stereocenters. The molecule has 0 spiro atoms. The third-order valence-electron chi connectivity index (χ3n) is 6.88. The van der Waals surface area contributed by atoms with Crippen molar-refractivity contribution in [3.05, 3.63) is 52.0 Å². The molecule has 2 aromatic carbocycles. The molecule has 0 aliphatic carbocycles. The van der Waals surface area contributed by atoms with Gasteiger partial charge in [0, 0.05) is 38.7 Å². The normalized spacial score (nSPS) is 16.4. The van der Waals surface area contributed by atoms with Gasteiger partial charge in [0.25, 0.3) is 12.7 Å². The Kier molecular flexibility index (Phi) is 10.3. The highest BCUT2D eigenvalue weighted by molar-refractivity contribution is 6.43. The fraction of sp³-hybridized carbons (Fsp3) is 0.464. The van der Waals surface area contributed by atoms with E-state index in [9.17, 15) is 14.4 Å². The van der Waals surface area contributed by atoms with E-state index >= 15 is 0 Å². The van der Waals surface area contributed by atoms with Crippen LogP contribution in [0.2, 0.25) is 10.0 Å². The number of nitrogens with zero attached hydrogens (tertiary/aromatic N) is 3. The summed E-state index contributed by atoms with van der Waals surface area (Å²) in [5.41, 5.74) is 2.33. The van der Waals surface area contributed by atoms with Crippen molar-refractivity contribution in [3.8, 4) is 5.75 Å². The van der Waals surface area contributed by atoms with Gasteiger partial charge in [0.2, 0.25) is 5.91 Å². The molecule has 2 aliphatic heterocycles. The summed E-state index contributed by atoms with van der Waals surface area (Å²) in [5.74, 6) is -0.542. The van der Waals surface area contributed by atoms with Crippen molar-refractivity contribution in [3.63, 3.8) is 0 Å². The van der Waals surface area contributed by atoms with Crippen molar-refractivity contribution in [2.75, 3.05) is 55.7 Å². The second-order valence-corrected chi connectivity index (χ2v) is 10.1. The van der Waals surface area contributed by atoms with Gasteiger partial charge in [-0.3, -0.25) is 19.4 Å². The number of unbranched alkanes of at least 4 members (excludes halogenated alkanes) is 1. The van der Waals surface area contributed by atoms with Crippen molar-refractivity contribution >= 4 is 52.9 Å². The third kappa shape index (κ3) is 7.15. The van der Waals surface area contributed by atoms with Crippen molar-refractivity contribution in [2.45, 2.75) is 38.8 Å². The fourth-order valence-corrected chi connectivity index (χ4v) is 5.30. The van der Waals surface area contributed by atoms with E-state index in [-0.39, 0.29) is 25.4 Å². The molecule has 11 heteroatoms. The van der Waals surface area contributed by atoms with Crippen molar-refractivity contribution in [2.24, 2.45) is 0 Å². The van der Waals surface area contributed by atoms with Crippen LogP contribution in [0.25, 0.3) is 0 Å². The number of halogens is 2. The number of anilines is 2. The summed E-state index contributed by atoms with van der Waals surface area (Å²) >= 11 is 12.5. The number of rotatable bonds is 12. The maximum atomic E-state index is 12.7. The molecule has 1 fully saturated rings. The van der Waals surface area contributed by atoms with Gasteiger partial charge in [-0.05, 0) is 56.5 Å². The molecule has 0 bridgehead atoms. The summed E-state index contributed by atoms with van der Waals surface area (Å²) in [6, 6.07) is 11.2. The zero-order valence-corrected chi connectivity index (χ0v) is 23.5. The predicted octanol–water partition coefficient (Wildman–Crippen LogP) is 4.32. The second kappa shape index (κ2) is 13.9. The number of carbonyl (C=O) groups is 3. The lowest BCUT2D eigenvalue weighted by molar-refractivity contribution is -0.162. The first kappa shape index (κ1) is 29.0. The Balaban J connectivity index is 1.27. The van der Waals surface area contributed by atoms with Gasteiger partial charge >= 0.3 is 5.97 Å². The molecule has 2 aliphatic rings. The zero-order valence-electron chi connectivity index (χ0n) is 21.9. The summed E-state index contributed by atoms with van der Waals surface area (Å²) in [5, 5.41) is 1.18. The lowest BCUT2D eigenvalue weighted by atomic mass is 10.0. The van der Waals surface area contributed by atoms with Crippen molar-refractivity contribution in [1.29, 1.82) is 0 Å². The first-order valence-electron chi connectivity index (χ1n) is 13.2. The van der Waals surface area contributed by atoms with Gasteiger partial charge in [0.05, 0.1) is 34.6 Å². The van der Waals surface area contributed by atoms with Crippen molar-refractivity contribution < 1.29 is 28.6 Å². The number of aryl methyl sites for hydroxylation is 1.